The van der Waals surface area contributed by atoms with Gasteiger partial charge in [0.2, 0.25) is 5.28 Å². The van der Waals surface area contributed by atoms with Crippen LogP contribution in [0.1, 0.15) is 19.3 Å². The standard InChI is InChI=1S/C19H16ClN5O/c20-18-23-10-14(11-24-18)25-17-16-2-1-15(9-13(16)3-8-22-17)26-12-19(4-5-19)6-7-21/h1-3,8-11H,4-6,12H2,(H,22,25). The van der Waals surface area contributed by atoms with Gasteiger partial charge in [-0.1, -0.05) is 0 Å². The number of aromatic nitrogens is 3. The van der Waals surface area contributed by atoms with Gasteiger partial charge in [0.05, 0.1) is 30.8 Å². The highest BCUT2D eigenvalue weighted by Gasteiger charge is 2.43. The van der Waals surface area contributed by atoms with Gasteiger partial charge in [0.25, 0.3) is 0 Å². The summed E-state index contributed by atoms with van der Waals surface area (Å²) in [4.78, 5) is 12.3. The number of anilines is 2. The summed E-state index contributed by atoms with van der Waals surface area (Å²) in [6, 6.07) is 10.1. The van der Waals surface area contributed by atoms with Crippen molar-refractivity contribution in [2.24, 2.45) is 5.41 Å². The number of rotatable bonds is 6. The van der Waals surface area contributed by atoms with Crippen molar-refractivity contribution < 1.29 is 4.74 Å². The van der Waals surface area contributed by atoms with Crippen molar-refractivity contribution in [3.05, 3.63) is 48.1 Å². The minimum absolute atomic E-state index is 0.0588. The fourth-order valence-corrected chi connectivity index (χ4v) is 2.91. The SMILES string of the molecule is N#CCC1(COc2ccc3c(Nc4cnc(Cl)nc4)nccc3c2)CC1. The van der Waals surface area contributed by atoms with Crippen LogP contribution in [0.3, 0.4) is 0 Å². The Morgan fingerprint density at radius 2 is 2.00 bits per heavy atom. The monoisotopic (exact) mass is 365 g/mol. The van der Waals surface area contributed by atoms with Crippen LogP contribution < -0.4 is 10.1 Å². The van der Waals surface area contributed by atoms with Gasteiger partial charge >= 0.3 is 0 Å². The molecule has 2 heterocycles. The first-order valence-electron chi connectivity index (χ1n) is 8.31. The lowest BCUT2D eigenvalue weighted by Crippen LogP contribution is -2.12. The number of hydrogen-bond acceptors (Lipinski definition) is 6. The summed E-state index contributed by atoms with van der Waals surface area (Å²) in [5.74, 6) is 1.51. The smallest absolute Gasteiger partial charge is 0.222 e. The highest BCUT2D eigenvalue weighted by atomic mass is 35.5. The summed E-state index contributed by atoms with van der Waals surface area (Å²) < 4.78 is 5.94. The number of hydrogen-bond donors (Lipinski definition) is 1. The summed E-state index contributed by atoms with van der Waals surface area (Å²) in [6.45, 7) is 0.588. The molecule has 0 unspecified atom stereocenters. The largest absolute Gasteiger partial charge is 0.493 e. The van der Waals surface area contributed by atoms with Crippen LogP contribution >= 0.6 is 11.6 Å². The van der Waals surface area contributed by atoms with Crippen molar-refractivity contribution in [3.8, 4) is 11.8 Å². The normalized spacial score (nSPS) is 14.6. The average molecular weight is 366 g/mol. The van der Waals surface area contributed by atoms with E-state index in [4.69, 9.17) is 21.6 Å². The van der Waals surface area contributed by atoms with Gasteiger partial charge in [-0.05, 0) is 54.1 Å². The van der Waals surface area contributed by atoms with Gasteiger partial charge in [-0.3, -0.25) is 0 Å². The quantitative estimate of drug-likeness (QED) is 0.648. The molecule has 0 radical (unpaired) electrons. The molecule has 1 aromatic carbocycles. The van der Waals surface area contributed by atoms with Crippen molar-refractivity contribution in [2.45, 2.75) is 19.3 Å². The van der Waals surface area contributed by atoms with Crippen LogP contribution in [0.4, 0.5) is 11.5 Å². The Kier molecular flexibility index (Phi) is 4.31. The van der Waals surface area contributed by atoms with E-state index in [0.29, 0.717) is 24.5 Å². The van der Waals surface area contributed by atoms with Crippen LogP contribution in [0.2, 0.25) is 5.28 Å². The lowest BCUT2D eigenvalue weighted by molar-refractivity contribution is 0.237. The molecule has 1 aliphatic rings. The fourth-order valence-electron chi connectivity index (χ4n) is 2.81. The molecule has 1 fully saturated rings. The minimum Gasteiger partial charge on any atom is -0.493 e. The fraction of sp³-hybridized carbons (Fsp3) is 0.263. The van der Waals surface area contributed by atoms with Gasteiger partial charge in [-0.25, -0.2) is 15.0 Å². The van der Waals surface area contributed by atoms with Crippen molar-refractivity contribution >= 4 is 33.9 Å². The molecule has 0 saturated heterocycles. The Bertz CT molecular complexity index is 979. The molecule has 7 heteroatoms. The van der Waals surface area contributed by atoms with Crippen LogP contribution in [0.5, 0.6) is 5.75 Å². The first-order chi connectivity index (χ1) is 12.7. The number of nitriles is 1. The third kappa shape index (κ3) is 3.53. The second-order valence-corrected chi connectivity index (χ2v) is 6.87. The predicted octanol–water partition coefficient (Wildman–Crippen LogP) is 4.49. The first kappa shape index (κ1) is 16.6. The van der Waals surface area contributed by atoms with Crippen LogP contribution in [-0.2, 0) is 0 Å². The molecule has 130 valence electrons. The highest BCUT2D eigenvalue weighted by Crippen LogP contribution is 2.48. The van der Waals surface area contributed by atoms with Crippen LogP contribution in [0, 0.1) is 16.7 Å². The number of nitrogens with one attached hydrogen (secondary N) is 1. The molecule has 0 atom stereocenters. The van der Waals surface area contributed by atoms with E-state index in [0.717, 1.165) is 29.4 Å². The summed E-state index contributed by atoms with van der Waals surface area (Å²) in [5, 5.41) is 14.3. The predicted molar refractivity (Wildman–Crippen MR) is 99.5 cm³/mol. The van der Waals surface area contributed by atoms with Crippen molar-refractivity contribution in [3.63, 3.8) is 0 Å². The molecule has 3 aromatic rings. The Morgan fingerprint density at radius 1 is 1.19 bits per heavy atom. The number of pyridine rings is 1. The van der Waals surface area contributed by atoms with Gasteiger partial charge in [-0.15, -0.1) is 0 Å². The second-order valence-electron chi connectivity index (χ2n) is 6.53. The van der Waals surface area contributed by atoms with E-state index in [1.165, 1.54) is 0 Å². The van der Waals surface area contributed by atoms with Crippen LogP contribution in [-0.4, -0.2) is 21.6 Å². The van der Waals surface area contributed by atoms with Crippen molar-refractivity contribution in [1.29, 1.82) is 5.26 Å². The number of benzene rings is 1. The second kappa shape index (κ2) is 6.77. The molecule has 0 bridgehead atoms. The molecular formula is C19H16ClN5O. The molecule has 0 spiro atoms. The Labute approximate surface area is 155 Å². The van der Waals surface area contributed by atoms with Crippen LogP contribution in [0.15, 0.2) is 42.9 Å². The van der Waals surface area contributed by atoms with E-state index < -0.39 is 0 Å². The third-order valence-corrected chi connectivity index (χ3v) is 4.77. The first-order valence-corrected chi connectivity index (χ1v) is 8.68. The number of halogens is 1. The van der Waals surface area contributed by atoms with Crippen molar-refractivity contribution in [1.82, 2.24) is 15.0 Å². The average Bonchev–Trinajstić information content (AvgIpc) is 3.42. The molecule has 0 amide bonds. The van der Waals surface area contributed by atoms with Crippen molar-refractivity contribution in [2.75, 3.05) is 11.9 Å². The summed E-state index contributed by atoms with van der Waals surface area (Å²) >= 11 is 5.72. The zero-order chi connectivity index (χ0) is 18.0. The molecule has 1 N–H and O–H groups in total. The van der Waals surface area contributed by atoms with E-state index in [1.54, 1.807) is 18.6 Å². The maximum absolute atomic E-state index is 8.91. The minimum atomic E-state index is 0.0588. The van der Waals surface area contributed by atoms with E-state index in [2.05, 4.69) is 26.3 Å². The summed E-state index contributed by atoms with van der Waals surface area (Å²) in [7, 11) is 0. The Balaban J connectivity index is 1.54. The highest BCUT2D eigenvalue weighted by molar-refractivity contribution is 6.28. The summed E-state index contributed by atoms with van der Waals surface area (Å²) in [6.07, 6.45) is 7.64. The van der Waals surface area contributed by atoms with Gasteiger partial charge in [0, 0.05) is 23.4 Å². The summed E-state index contributed by atoms with van der Waals surface area (Å²) in [5.41, 5.74) is 0.769. The lowest BCUT2D eigenvalue weighted by Gasteiger charge is -2.14. The van der Waals surface area contributed by atoms with E-state index in [-0.39, 0.29) is 10.7 Å². The lowest BCUT2D eigenvalue weighted by atomic mass is 10.1. The Hall–Kier alpha value is -2.91. The molecule has 26 heavy (non-hydrogen) atoms. The molecule has 1 saturated carbocycles. The van der Waals surface area contributed by atoms with Gasteiger partial charge in [0.15, 0.2) is 0 Å². The third-order valence-electron chi connectivity index (χ3n) is 4.58. The molecule has 2 aromatic heterocycles. The number of ether oxygens (including phenoxy) is 1. The molecule has 1 aliphatic carbocycles. The van der Waals surface area contributed by atoms with Crippen LogP contribution in [0.25, 0.3) is 10.8 Å². The van der Waals surface area contributed by atoms with E-state index in [1.807, 2.05) is 24.3 Å². The Morgan fingerprint density at radius 3 is 2.73 bits per heavy atom. The zero-order valence-corrected chi connectivity index (χ0v) is 14.7. The van der Waals surface area contributed by atoms with Gasteiger partial charge < -0.3 is 10.1 Å². The number of nitrogens with zero attached hydrogens (tertiary/aromatic N) is 4. The van der Waals surface area contributed by atoms with E-state index >= 15 is 0 Å². The maximum atomic E-state index is 8.91. The maximum Gasteiger partial charge on any atom is 0.222 e. The molecule has 4 rings (SSSR count). The molecule has 0 aliphatic heterocycles. The molecule has 6 nitrogen and oxygen atoms in total. The number of fused-ring (bicyclic) bond motifs is 1. The van der Waals surface area contributed by atoms with Gasteiger partial charge in [-0.2, -0.15) is 5.26 Å². The van der Waals surface area contributed by atoms with Gasteiger partial charge in [0.1, 0.15) is 11.6 Å². The molecular weight excluding hydrogens is 350 g/mol. The topological polar surface area (TPSA) is 83.7 Å². The van der Waals surface area contributed by atoms with E-state index in [9.17, 15) is 0 Å². The zero-order valence-electron chi connectivity index (χ0n) is 13.9.